The molecule has 0 saturated heterocycles. The fourth-order valence-corrected chi connectivity index (χ4v) is 2.32. The molecular weight excluding hydrogens is 260 g/mol. The fourth-order valence-electron chi connectivity index (χ4n) is 2.32. The van der Waals surface area contributed by atoms with Crippen molar-refractivity contribution in [3.63, 3.8) is 0 Å². The van der Waals surface area contributed by atoms with Gasteiger partial charge >= 0.3 is 5.97 Å². The molecule has 0 bridgehead atoms. The lowest BCUT2D eigenvalue weighted by molar-refractivity contribution is -0.136. The monoisotopic (exact) mass is 274 g/mol. The molecule has 0 radical (unpaired) electrons. The Kier molecular flexibility index (Phi) is 3.06. The van der Waals surface area contributed by atoms with E-state index in [2.05, 4.69) is 10.2 Å². The van der Waals surface area contributed by atoms with Crippen LogP contribution in [-0.2, 0) is 11.2 Å². The third-order valence-corrected chi connectivity index (χ3v) is 3.26. The minimum atomic E-state index is -0.831. The zero-order valence-corrected chi connectivity index (χ0v) is 11.0. The van der Waals surface area contributed by atoms with Gasteiger partial charge < -0.3 is 14.6 Å². The highest BCUT2D eigenvalue weighted by Gasteiger charge is 2.18. The Balaban J connectivity index is 1.97. The molecule has 6 nitrogen and oxygen atoms in total. The highest BCUT2D eigenvalue weighted by molar-refractivity contribution is 5.73. The third-order valence-electron chi connectivity index (χ3n) is 3.26. The lowest BCUT2D eigenvalue weighted by Crippen LogP contribution is -1.99. The molecule has 0 fully saturated rings. The highest BCUT2D eigenvalue weighted by Crippen LogP contribution is 2.37. The number of ether oxygens (including phenoxy) is 2. The molecule has 1 aliphatic heterocycles. The number of rotatable bonds is 4. The predicted octanol–water partition coefficient (Wildman–Crippen LogP) is 2.13. The molecule has 0 amide bonds. The topological polar surface area (TPSA) is 84.4 Å². The first-order valence-corrected chi connectivity index (χ1v) is 6.31. The molecule has 104 valence electrons. The van der Waals surface area contributed by atoms with E-state index in [0.717, 1.165) is 28.3 Å². The van der Waals surface area contributed by atoms with Crippen LogP contribution in [0.1, 0.15) is 17.8 Å². The Morgan fingerprint density at radius 2 is 2.20 bits per heavy atom. The van der Waals surface area contributed by atoms with Crippen LogP contribution in [0.2, 0.25) is 0 Å². The molecule has 20 heavy (non-hydrogen) atoms. The summed E-state index contributed by atoms with van der Waals surface area (Å²) in [4.78, 5) is 10.7. The second kappa shape index (κ2) is 4.88. The van der Waals surface area contributed by atoms with E-state index in [9.17, 15) is 4.79 Å². The Hall–Kier alpha value is -2.50. The van der Waals surface area contributed by atoms with Crippen LogP contribution in [0.5, 0.6) is 11.5 Å². The van der Waals surface area contributed by atoms with Crippen LogP contribution < -0.4 is 9.47 Å². The van der Waals surface area contributed by atoms with Crippen LogP contribution in [0.4, 0.5) is 0 Å². The van der Waals surface area contributed by atoms with Gasteiger partial charge in [-0.2, -0.15) is 5.10 Å². The fraction of sp³-hybridized carbons (Fsp3) is 0.286. The Morgan fingerprint density at radius 3 is 3.00 bits per heavy atom. The molecule has 2 heterocycles. The van der Waals surface area contributed by atoms with E-state index in [4.69, 9.17) is 14.6 Å². The first kappa shape index (κ1) is 12.5. The number of nitrogens with one attached hydrogen (secondary N) is 1. The molecule has 2 N–H and O–H groups in total. The van der Waals surface area contributed by atoms with Gasteiger partial charge in [-0.25, -0.2) is 0 Å². The van der Waals surface area contributed by atoms with Crippen LogP contribution in [0, 0.1) is 6.92 Å². The molecule has 0 spiro atoms. The second-order valence-corrected chi connectivity index (χ2v) is 4.63. The number of aromatic nitrogens is 2. The van der Waals surface area contributed by atoms with Crippen LogP contribution >= 0.6 is 0 Å². The van der Waals surface area contributed by atoms with Crippen LogP contribution in [0.3, 0.4) is 0 Å². The van der Waals surface area contributed by atoms with Crippen molar-refractivity contribution in [2.75, 3.05) is 6.79 Å². The Morgan fingerprint density at radius 1 is 1.40 bits per heavy atom. The molecular formula is C14H14N2O4. The van der Waals surface area contributed by atoms with Gasteiger partial charge in [0.1, 0.15) is 0 Å². The molecule has 1 aliphatic rings. The molecule has 6 heteroatoms. The minimum absolute atomic E-state index is 0.0574. The zero-order chi connectivity index (χ0) is 14.1. The Bertz CT molecular complexity index is 663. The maximum Gasteiger partial charge on any atom is 0.303 e. The summed E-state index contributed by atoms with van der Waals surface area (Å²) in [6.07, 6.45) is 0.450. The maximum atomic E-state index is 10.7. The molecule has 0 unspecified atom stereocenters. The first-order valence-electron chi connectivity index (χ1n) is 6.31. The zero-order valence-electron chi connectivity index (χ0n) is 11.0. The smallest absolute Gasteiger partial charge is 0.303 e. The summed E-state index contributed by atoms with van der Waals surface area (Å²) in [6.45, 7) is 2.15. The summed E-state index contributed by atoms with van der Waals surface area (Å²) < 4.78 is 10.7. The van der Waals surface area contributed by atoms with E-state index >= 15 is 0 Å². The lowest BCUT2D eigenvalue weighted by Gasteiger charge is -2.05. The van der Waals surface area contributed by atoms with Gasteiger partial charge in [-0.15, -0.1) is 0 Å². The number of fused-ring (bicyclic) bond motifs is 1. The molecule has 1 aromatic carbocycles. The van der Waals surface area contributed by atoms with Crippen LogP contribution in [0.15, 0.2) is 18.2 Å². The van der Waals surface area contributed by atoms with E-state index in [1.807, 2.05) is 25.1 Å². The standard InChI is InChI=1S/C14H14N2O4/c1-8-14(10(16-15-8)3-5-13(17)18)9-2-4-11-12(6-9)20-7-19-11/h2,4,6H,3,5,7H2,1H3,(H,15,16)(H,17,18). The molecule has 2 aromatic rings. The van der Waals surface area contributed by atoms with Crippen LogP contribution in [-0.4, -0.2) is 28.1 Å². The van der Waals surface area contributed by atoms with Gasteiger partial charge in [-0.3, -0.25) is 9.89 Å². The summed E-state index contributed by atoms with van der Waals surface area (Å²) in [6, 6.07) is 5.67. The summed E-state index contributed by atoms with van der Waals surface area (Å²) >= 11 is 0. The average Bonchev–Trinajstić information content (AvgIpc) is 3.01. The van der Waals surface area contributed by atoms with Crippen molar-refractivity contribution < 1.29 is 19.4 Å². The average molecular weight is 274 g/mol. The molecule has 0 aliphatic carbocycles. The van der Waals surface area contributed by atoms with Crippen LogP contribution in [0.25, 0.3) is 11.1 Å². The summed E-state index contributed by atoms with van der Waals surface area (Å²) in [7, 11) is 0. The van der Waals surface area contributed by atoms with Gasteiger partial charge in [0.2, 0.25) is 6.79 Å². The van der Waals surface area contributed by atoms with Gasteiger partial charge in [0.25, 0.3) is 0 Å². The number of hydrogen-bond acceptors (Lipinski definition) is 4. The number of carboxylic acids is 1. The number of carboxylic acid groups (broad SMARTS) is 1. The first-order chi connectivity index (χ1) is 9.65. The summed E-state index contributed by atoms with van der Waals surface area (Å²) in [5.74, 6) is 0.594. The predicted molar refractivity (Wildman–Crippen MR) is 70.8 cm³/mol. The quantitative estimate of drug-likeness (QED) is 0.892. The van der Waals surface area contributed by atoms with Crippen molar-refractivity contribution in [2.45, 2.75) is 19.8 Å². The molecule has 0 saturated carbocycles. The third kappa shape index (κ3) is 2.20. The van der Waals surface area contributed by atoms with Gasteiger partial charge in [-0.1, -0.05) is 6.07 Å². The summed E-state index contributed by atoms with van der Waals surface area (Å²) in [5, 5.41) is 15.9. The maximum absolute atomic E-state index is 10.7. The van der Waals surface area contributed by atoms with E-state index in [-0.39, 0.29) is 13.2 Å². The van der Waals surface area contributed by atoms with Gasteiger partial charge in [0.05, 0.1) is 12.1 Å². The van der Waals surface area contributed by atoms with Gasteiger partial charge in [0.15, 0.2) is 11.5 Å². The van der Waals surface area contributed by atoms with Crippen molar-refractivity contribution in [2.24, 2.45) is 0 Å². The van der Waals surface area contributed by atoms with Crippen molar-refractivity contribution in [3.05, 3.63) is 29.6 Å². The number of aryl methyl sites for hydroxylation is 2. The van der Waals surface area contributed by atoms with E-state index in [0.29, 0.717) is 12.2 Å². The number of hydrogen-bond donors (Lipinski definition) is 2. The molecule has 1 aromatic heterocycles. The van der Waals surface area contributed by atoms with E-state index in [1.54, 1.807) is 0 Å². The number of carbonyl (C=O) groups is 1. The molecule has 3 rings (SSSR count). The van der Waals surface area contributed by atoms with E-state index in [1.165, 1.54) is 0 Å². The highest BCUT2D eigenvalue weighted by atomic mass is 16.7. The number of aliphatic carboxylic acids is 1. The number of H-pyrrole nitrogens is 1. The number of benzene rings is 1. The molecule has 0 atom stereocenters. The van der Waals surface area contributed by atoms with Crippen molar-refractivity contribution >= 4 is 5.97 Å². The normalized spacial score (nSPS) is 12.7. The Labute approximate surface area is 115 Å². The minimum Gasteiger partial charge on any atom is -0.481 e. The second-order valence-electron chi connectivity index (χ2n) is 4.63. The largest absolute Gasteiger partial charge is 0.481 e. The summed E-state index contributed by atoms with van der Waals surface area (Å²) in [5.41, 5.74) is 3.54. The SMILES string of the molecule is Cc1[nH]nc(CCC(=O)O)c1-c1ccc2c(c1)OCO2. The van der Waals surface area contributed by atoms with Crippen molar-refractivity contribution in [3.8, 4) is 22.6 Å². The van der Waals surface area contributed by atoms with Crippen molar-refractivity contribution in [1.29, 1.82) is 0 Å². The van der Waals surface area contributed by atoms with Gasteiger partial charge in [-0.05, 0) is 24.6 Å². The lowest BCUT2D eigenvalue weighted by atomic mass is 10.0. The van der Waals surface area contributed by atoms with Gasteiger partial charge in [0, 0.05) is 17.7 Å². The van der Waals surface area contributed by atoms with E-state index < -0.39 is 5.97 Å². The van der Waals surface area contributed by atoms with Crippen molar-refractivity contribution in [1.82, 2.24) is 10.2 Å². The number of aromatic amines is 1. The number of nitrogens with zero attached hydrogens (tertiary/aromatic N) is 1.